The normalized spacial score (nSPS) is 10.6. The highest BCUT2D eigenvalue weighted by Crippen LogP contribution is 2.24. The molecule has 0 heterocycles. The van der Waals surface area contributed by atoms with Crippen LogP contribution in [0.5, 0.6) is 0 Å². The molecule has 1 rings (SSSR count). The second-order valence-electron chi connectivity index (χ2n) is 6.27. The van der Waals surface area contributed by atoms with Crippen molar-refractivity contribution in [1.29, 1.82) is 0 Å². The molecular formula is C19H28ClNO4. The molecule has 1 aromatic rings. The maximum Gasteiger partial charge on any atom is 0.306 e. The van der Waals surface area contributed by atoms with Crippen LogP contribution in [-0.4, -0.2) is 10.9 Å². The first kappa shape index (κ1) is 21.4. The average molecular weight is 370 g/mol. The lowest BCUT2D eigenvalue weighted by Gasteiger charge is -2.06. The lowest BCUT2D eigenvalue weighted by molar-refractivity contribution is -0.385. The Bertz CT molecular complexity index is 548. The first-order valence-electron chi connectivity index (χ1n) is 9.13. The summed E-state index contributed by atoms with van der Waals surface area (Å²) in [4.78, 5) is 22.2. The molecule has 0 radical (unpaired) electrons. The molecule has 25 heavy (non-hydrogen) atoms. The molecule has 0 aliphatic heterocycles. The number of nitro groups is 1. The summed E-state index contributed by atoms with van der Waals surface area (Å²) in [6.45, 7) is 2.12. The third-order valence-electron chi connectivity index (χ3n) is 4.12. The summed E-state index contributed by atoms with van der Waals surface area (Å²) in [6.07, 6.45) is 11.0. The number of nitro benzene ring substituents is 1. The third-order valence-corrected chi connectivity index (χ3v) is 4.35. The zero-order valence-corrected chi connectivity index (χ0v) is 15.7. The van der Waals surface area contributed by atoms with Gasteiger partial charge in [0.15, 0.2) is 0 Å². The highest BCUT2D eigenvalue weighted by atomic mass is 35.5. The van der Waals surface area contributed by atoms with E-state index in [9.17, 15) is 14.9 Å². The molecule has 0 N–H and O–H groups in total. The second kappa shape index (κ2) is 12.7. The van der Waals surface area contributed by atoms with Crippen molar-refractivity contribution < 1.29 is 14.5 Å². The van der Waals surface area contributed by atoms with Gasteiger partial charge in [-0.2, -0.15) is 0 Å². The summed E-state index contributed by atoms with van der Waals surface area (Å²) in [5.41, 5.74) is 0.234. The average Bonchev–Trinajstić information content (AvgIpc) is 2.59. The van der Waals surface area contributed by atoms with Crippen molar-refractivity contribution >= 4 is 23.3 Å². The molecule has 0 aromatic heterocycles. The van der Waals surface area contributed by atoms with E-state index in [1.54, 1.807) is 6.07 Å². The van der Waals surface area contributed by atoms with Crippen molar-refractivity contribution in [3.63, 3.8) is 0 Å². The van der Waals surface area contributed by atoms with Gasteiger partial charge in [0.25, 0.3) is 5.69 Å². The van der Waals surface area contributed by atoms with Crippen molar-refractivity contribution in [3.8, 4) is 0 Å². The molecule has 0 atom stereocenters. The summed E-state index contributed by atoms with van der Waals surface area (Å²) in [6, 6.07) is 4.34. The molecule has 0 saturated carbocycles. The van der Waals surface area contributed by atoms with Crippen LogP contribution < -0.4 is 0 Å². The molecule has 0 bridgehead atoms. The van der Waals surface area contributed by atoms with Gasteiger partial charge < -0.3 is 4.74 Å². The van der Waals surface area contributed by atoms with E-state index in [2.05, 4.69) is 6.92 Å². The van der Waals surface area contributed by atoms with E-state index >= 15 is 0 Å². The molecule has 0 fully saturated rings. The number of rotatable bonds is 13. The van der Waals surface area contributed by atoms with Crippen molar-refractivity contribution in [1.82, 2.24) is 0 Å². The second-order valence-corrected chi connectivity index (χ2v) is 6.71. The van der Waals surface area contributed by atoms with Gasteiger partial charge in [-0.1, -0.05) is 69.9 Å². The predicted molar refractivity (Wildman–Crippen MR) is 99.7 cm³/mol. The molecule has 0 spiro atoms. The van der Waals surface area contributed by atoms with Gasteiger partial charge >= 0.3 is 5.97 Å². The van der Waals surface area contributed by atoms with Crippen LogP contribution in [0.1, 0.15) is 76.7 Å². The van der Waals surface area contributed by atoms with E-state index in [0.717, 1.165) is 19.3 Å². The minimum atomic E-state index is -0.518. The minimum absolute atomic E-state index is 0.0935. The summed E-state index contributed by atoms with van der Waals surface area (Å²) in [5, 5.41) is 11.3. The first-order chi connectivity index (χ1) is 12.0. The third kappa shape index (κ3) is 9.44. The Morgan fingerprint density at radius 2 is 1.68 bits per heavy atom. The van der Waals surface area contributed by atoms with E-state index < -0.39 is 4.92 Å². The zero-order chi connectivity index (χ0) is 18.5. The highest BCUT2D eigenvalue weighted by Gasteiger charge is 2.15. The summed E-state index contributed by atoms with van der Waals surface area (Å²) in [5.74, 6) is -0.313. The Hall–Kier alpha value is -1.62. The highest BCUT2D eigenvalue weighted by molar-refractivity contribution is 6.30. The van der Waals surface area contributed by atoms with Gasteiger partial charge in [0.1, 0.15) is 6.61 Å². The van der Waals surface area contributed by atoms with Crippen LogP contribution in [0.15, 0.2) is 18.2 Å². The standard InChI is InChI=1S/C19H28ClNO4/c1-2-3-4-5-6-7-8-9-10-11-19(22)25-15-16-12-13-17(20)14-18(16)21(23)24/h12-14H,2-11,15H2,1H3. The molecular weight excluding hydrogens is 342 g/mol. The summed E-state index contributed by atoms with van der Waals surface area (Å²) < 4.78 is 5.14. The first-order valence-corrected chi connectivity index (χ1v) is 9.50. The Morgan fingerprint density at radius 1 is 1.08 bits per heavy atom. The number of nitrogens with zero attached hydrogens (tertiary/aromatic N) is 1. The van der Waals surface area contributed by atoms with E-state index in [1.807, 2.05) is 0 Å². The lowest BCUT2D eigenvalue weighted by Crippen LogP contribution is -2.06. The monoisotopic (exact) mass is 369 g/mol. The molecule has 0 amide bonds. The number of carbonyl (C=O) groups excluding carboxylic acids is 1. The molecule has 6 heteroatoms. The molecule has 0 aliphatic rings. The van der Waals surface area contributed by atoms with Crippen LogP contribution >= 0.6 is 11.6 Å². The van der Waals surface area contributed by atoms with Crippen molar-refractivity contribution in [2.24, 2.45) is 0 Å². The van der Waals surface area contributed by atoms with E-state index in [4.69, 9.17) is 16.3 Å². The van der Waals surface area contributed by atoms with Crippen LogP contribution in [0.25, 0.3) is 0 Å². The topological polar surface area (TPSA) is 69.4 Å². The molecule has 1 aromatic carbocycles. The van der Waals surface area contributed by atoms with Crippen LogP contribution in [0.2, 0.25) is 5.02 Å². The van der Waals surface area contributed by atoms with Gasteiger partial charge in [-0.15, -0.1) is 0 Å². The Balaban J connectivity index is 2.16. The minimum Gasteiger partial charge on any atom is -0.461 e. The maximum absolute atomic E-state index is 11.8. The van der Waals surface area contributed by atoms with Gasteiger partial charge in [-0.05, 0) is 18.6 Å². The van der Waals surface area contributed by atoms with Crippen LogP contribution in [-0.2, 0) is 16.1 Å². The van der Waals surface area contributed by atoms with E-state index in [-0.39, 0.29) is 23.3 Å². The fourth-order valence-corrected chi connectivity index (χ4v) is 2.81. The lowest BCUT2D eigenvalue weighted by atomic mass is 10.1. The summed E-state index contributed by atoms with van der Waals surface area (Å²) in [7, 11) is 0. The fraction of sp³-hybridized carbons (Fsp3) is 0.632. The maximum atomic E-state index is 11.8. The van der Waals surface area contributed by atoms with Crippen LogP contribution in [0, 0.1) is 10.1 Å². The van der Waals surface area contributed by atoms with Crippen molar-refractivity contribution in [2.45, 2.75) is 77.7 Å². The molecule has 0 saturated heterocycles. The Labute approximate surface area is 154 Å². The van der Waals surface area contributed by atoms with Crippen molar-refractivity contribution in [2.75, 3.05) is 0 Å². The van der Waals surface area contributed by atoms with Crippen LogP contribution in [0.3, 0.4) is 0 Å². The summed E-state index contributed by atoms with van der Waals surface area (Å²) >= 11 is 5.76. The Morgan fingerprint density at radius 3 is 2.28 bits per heavy atom. The number of hydrogen-bond donors (Lipinski definition) is 0. The Kier molecular flexibility index (Phi) is 10.9. The number of hydrogen-bond acceptors (Lipinski definition) is 4. The van der Waals surface area contributed by atoms with E-state index in [1.165, 1.54) is 50.7 Å². The predicted octanol–water partition coefficient (Wildman–Crippen LogP) is 6.21. The zero-order valence-electron chi connectivity index (χ0n) is 15.0. The van der Waals surface area contributed by atoms with Gasteiger partial charge in [-0.25, -0.2) is 0 Å². The van der Waals surface area contributed by atoms with Gasteiger partial charge in [0, 0.05) is 17.5 Å². The van der Waals surface area contributed by atoms with E-state index in [0.29, 0.717) is 12.0 Å². The number of ether oxygens (including phenoxy) is 1. The number of esters is 1. The number of unbranched alkanes of at least 4 members (excludes halogenated alkanes) is 8. The quantitative estimate of drug-likeness (QED) is 0.179. The van der Waals surface area contributed by atoms with Gasteiger partial charge in [-0.3, -0.25) is 14.9 Å². The molecule has 140 valence electrons. The molecule has 0 aliphatic carbocycles. The molecule has 5 nitrogen and oxygen atoms in total. The number of benzene rings is 1. The fourth-order valence-electron chi connectivity index (χ4n) is 2.64. The van der Waals surface area contributed by atoms with Crippen LogP contribution in [0.4, 0.5) is 5.69 Å². The number of carbonyl (C=O) groups is 1. The van der Waals surface area contributed by atoms with Gasteiger partial charge in [0.2, 0.25) is 0 Å². The van der Waals surface area contributed by atoms with Gasteiger partial charge in [0.05, 0.1) is 10.5 Å². The largest absolute Gasteiger partial charge is 0.461 e. The molecule has 0 unspecified atom stereocenters. The SMILES string of the molecule is CCCCCCCCCCCC(=O)OCc1ccc(Cl)cc1[N+](=O)[O-]. The van der Waals surface area contributed by atoms with Crippen molar-refractivity contribution in [3.05, 3.63) is 38.9 Å². The smallest absolute Gasteiger partial charge is 0.306 e. The number of halogens is 1.